The van der Waals surface area contributed by atoms with Crippen LogP contribution < -0.4 is 10.6 Å². The van der Waals surface area contributed by atoms with Gasteiger partial charge in [-0.1, -0.05) is 17.7 Å². The standard InChI is InChI=1S/C11H16ClN3O/c1-11(2,10(16)13-3)7-14-9-6-4-5-8(12)15-9/h4-6H,7H2,1-3H3,(H,13,16)(H,14,15). The zero-order valence-electron chi connectivity index (χ0n) is 9.67. The molecule has 0 aromatic carbocycles. The molecular weight excluding hydrogens is 226 g/mol. The van der Waals surface area contributed by atoms with Crippen LogP contribution >= 0.6 is 11.6 Å². The molecule has 0 aliphatic heterocycles. The molecule has 0 aliphatic carbocycles. The quantitative estimate of drug-likeness (QED) is 0.792. The molecule has 1 heterocycles. The van der Waals surface area contributed by atoms with Gasteiger partial charge < -0.3 is 10.6 Å². The Morgan fingerprint density at radius 2 is 2.19 bits per heavy atom. The normalized spacial score (nSPS) is 11.0. The highest BCUT2D eigenvalue weighted by Gasteiger charge is 2.26. The minimum atomic E-state index is -0.487. The van der Waals surface area contributed by atoms with E-state index in [2.05, 4.69) is 15.6 Å². The summed E-state index contributed by atoms with van der Waals surface area (Å²) in [6, 6.07) is 5.33. The second-order valence-electron chi connectivity index (χ2n) is 4.16. The Bertz CT molecular complexity index is 379. The first-order valence-corrected chi connectivity index (χ1v) is 5.42. The van der Waals surface area contributed by atoms with Crippen LogP contribution in [0, 0.1) is 5.41 Å². The molecule has 0 bridgehead atoms. The smallest absolute Gasteiger partial charge is 0.227 e. The number of pyridine rings is 1. The van der Waals surface area contributed by atoms with E-state index in [0.29, 0.717) is 17.5 Å². The SMILES string of the molecule is CNC(=O)C(C)(C)CNc1cccc(Cl)n1. The van der Waals surface area contributed by atoms with Gasteiger partial charge in [0.25, 0.3) is 0 Å². The van der Waals surface area contributed by atoms with Crippen molar-refractivity contribution in [3.05, 3.63) is 23.4 Å². The van der Waals surface area contributed by atoms with Gasteiger partial charge in [-0.3, -0.25) is 4.79 Å². The third kappa shape index (κ3) is 3.38. The highest BCUT2D eigenvalue weighted by atomic mass is 35.5. The summed E-state index contributed by atoms with van der Waals surface area (Å²) in [5, 5.41) is 6.15. The summed E-state index contributed by atoms with van der Waals surface area (Å²) in [4.78, 5) is 15.6. The van der Waals surface area contributed by atoms with Crippen LogP contribution in [0.3, 0.4) is 0 Å². The van der Waals surface area contributed by atoms with Crippen molar-refractivity contribution in [2.45, 2.75) is 13.8 Å². The summed E-state index contributed by atoms with van der Waals surface area (Å²) in [5.74, 6) is 0.659. The molecule has 0 unspecified atom stereocenters. The van der Waals surface area contributed by atoms with Gasteiger partial charge in [0, 0.05) is 13.6 Å². The van der Waals surface area contributed by atoms with Crippen molar-refractivity contribution in [1.82, 2.24) is 10.3 Å². The largest absolute Gasteiger partial charge is 0.369 e. The number of halogens is 1. The molecule has 0 aliphatic rings. The van der Waals surface area contributed by atoms with Gasteiger partial charge in [-0.25, -0.2) is 4.98 Å². The number of amides is 1. The lowest BCUT2D eigenvalue weighted by atomic mass is 9.92. The molecule has 16 heavy (non-hydrogen) atoms. The molecule has 0 spiro atoms. The molecule has 0 fully saturated rings. The molecular formula is C11H16ClN3O. The molecule has 0 atom stereocenters. The van der Waals surface area contributed by atoms with Gasteiger partial charge in [0.05, 0.1) is 5.41 Å². The van der Waals surface area contributed by atoms with Gasteiger partial charge >= 0.3 is 0 Å². The number of aromatic nitrogens is 1. The molecule has 0 saturated heterocycles. The van der Waals surface area contributed by atoms with Crippen LogP contribution in [0.5, 0.6) is 0 Å². The molecule has 0 radical (unpaired) electrons. The number of nitrogens with one attached hydrogen (secondary N) is 2. The fourth-order valence-electron chi connectivity index (χ4n) is 1.24. The minimum absolute atomic E-state index is 0.0120. The maximum Gasteiger partial charge on any atom is 0.227 e. The summed E-state index contributed by atoms with van der Waals surface area (Å²) in [5.41, 5.74) is -0.487. The second-order valence-corrected chi connectivity index (χ2v) is 4.55. The second kappa shape index (κ2) is 5.16. The monoisotopic (exact) mass is 241 g/mol. The molecule has 1 aromatic heterocycles. The van der Waals surface area contributed by atoms with E-state index in [1.54, 1.807) is 13.1 Å². The van der Waals surface area contributed by atoms with Crippen molar-refractivity contribution in [2.24, 2.45) is 5.41 Å². The Labute approximate surface area is 100 Å². The molecule has 1 amide bonds. The topological polar surface area (TPSA) is 54.0 Å². The number of rotatable bonds is 4. The van der Waals surface area contributed by atoms with Crippen LogP contribution in [0.25, 0.3) is 0 Å². The maximum atomic E-state index is 11.5. The van der Waals surface area contributed by atoms with E-state index in [-0.39, 0.29) is 5.91 Å². The van der Waals surface area contributed by atoms with Crippen LogP contribution in [0.2, 0.25) is 5.15 Å². The molecule has 4 nitrogen and oxygen atoms in total. The van der Waals surface area contributed by atoms with Crippen molar-refractivity contribution in [3.8, 4) is 0 Å². The van der Waals surface area contributed by atoms with Gasteiger partial charge in [-0.15, -0.1) is 0 Å². The van der Waals surface area contributed by atoms with Crippen LogP contribution in [-0.2, 0) is 4.79 Å². The summed E-state index contributed by atoms with van der Waals surface area (Å²) < 4.78 is 0. The first-order valence-electron chi connectivity index (χ1n) is 5.04. The number of hydrogen-bond donors (Lipinski definition) is 2. The zero-order valence-corrected chi connectivity index (χ0v) is 10.4. The van der Waals surface area contributed by atoms with E-state index in [1.807, 2.05) is 26.0 Å². The predicted molar refractivity (Wildman–Crippen MR) is 65.6 cm³/mol. The third-order valence-corrected chi connectivity index (χ3v) is 2.48. The van der Waals surface area contributed by atoms with Gasteiger partial charge in [-0.2, -0.15) is 0 Å². The predicted octanol–water partition coefficient (Wildman–Crippen LogP) is 1.92. The fourth-order valence-corrected chi connectivity index (χ4v) is 1.40. The fraction of sp³-hybridized carbons (Fsp3) is 0.455. The Kier molecular flexibility index (Phi) is 4.12. The van der Waals surface area contributed by atoms with Crippen molar-refractivity contribution < 1.29 is 4.79 Å². The number of anilines is 1. The number of carbonyl (C=O) groups is 1. The molecule has 0 saturated carbocycles. The van der Waals surface area contributed by atoms with Gasteiger partial charge in [0.1, 0.15) is 11.0 Å². The van der Waals surface area contributed by atoms with Gasteiger partial charge in [-0.05, 0) is 26.0 Å². The lowest BCUT2D eigenvalue weighted by Gasteiger charge is -2.23. The molecule has 1 aromatic rings. The summed E-state index contributed by atoms with van der Waals surface area (Å²) >= 11 is 5.75. The number of nitrogens with zero attached hydrogens (tertiary/aromatic N) is 1. The zero-order chi connectivity index (χ0) is 12.2. The number of hydrogen-bond acceptors (Lipinski definition) is 3. The van der Waals surface area contributed by atoms with E-state index in [4.69, 9.17) is 11.6 Å². The first-order chi connectivity index (χ1) is 7.45. The highest BCUT2D eigenvalue weighted by Crippen LogP contribution is 2.17. The van der Waals surface area contributed by atoms with Gasteiger partial charge in [0.2, 0.25) is 5.91 Å². The van der Waals surface area contributed by atoms with Crippen molar-refractivity contribution in [2.75, 3.05) is 18.9 Å². The van der Waals surface area contributed by atoms with Crippen molar-refractivity contribution in [1.29, 1.82) is 0 Å². The molecule has 1 rings (SSSR count). The minimum Gasteiger partial charge on any atom is -0.369 e. The Morgan fingerprint density at radius 1 is 1.50 bits per heavy atom. The van der Waals surface area contributed by atoms with Crippen molar-refractivity contribution >= 4 is 23.3 Å². The number of carbonyl (C=O) groups excluding carboxylic acids is 1. The molecule has 2 N–H and O–H groups in total. The average molecular weight is 242 g/mol. The van der Waals surface area contributed by atoms with E-state index >= 15 is 0 Å². The Balaban J connectivity index is 2.61. The summed E-state index contributed by atoms with van der Waals surface area (Å²) in [6.07, 6.45) is 0. The molecule has 5 heteroatoms. The van der Waals surface area contributed by atoms with E-state index in [1.165, 1.54) is 0 Å². The highest BCUT2D eigenvalue weighted by molar-refractivity contribution is 6.29. The maximum absolute atomic E-state index is 11.5. The van der Waals surface area contributed by atoms with E-state index in [0.717, 1.165) is 0 Å². The lowest BCUT2D eigenvalue weighted by molar-refractivity contribution is -0.128. The van der Waals surface area contributed by atoms with Crippen molar-refractivity contribution in [3.63, 3.8) is 0 Å². The molecule has 88 valence electrons. The Hall–Kier alpha value is -1.29. The lowest BCUT2D eigenvalue weighted by Crippen LogP contribution is -2.39. The van der Waals surface area contributed by atoms with Crippen LogP contribution in [-0.4, -0.2) is 24.5 Å². The van der Waals surface area contributed by atoms with Crippen LogP contribution in [0.15, 0.2) is 18.2 Å². The Morgan fingerprint density at radius 3 is 2.75 bits per heavy atom. The van der Waals surface area contributed by atoms with E-state index < -0.39 is 5.41 Å². The average Bonchev–Trinajstić information content (AvgIpc) is 2.25. The first kappa shape index (κ1) is 12.8. The van der Waals surface area contributed by atoms with Crippen LogP contribution in [0.1, 0.15) is 13.8 Å². The summed E-state index contributed by atoms with van der Waals surface area (Å²) in [6.45, 7) is 4.23. The van der Waals surface area contributed by atoms with Gasteiger partial charge in [0.15, 0.2) is 0 Å². The van der Waals surface area contributed by atoms with E-state index in [9.17, 15) is 4.79 Å². The third-order valence-electron chi connectivity index (χ3n) is 2.27. The summed E-state index contributed by atoms with van der Waals surface area (Å²) in [7, 11) is 1.63. The van der Waals surface area contributed by atoms with Crippen LogP contribution in [0.4, 0.5) is 5.82 Å².